The summed E-state index contributed by atoms with van der Waals surface area (Å²) in [6.45, 7) is 7.59. The molecule has 1 aromatic heterocycles. The largest absolute Gasteiger partial charge is 0.380 e. The predicted molar refractivity (Wildman–Crippen MR) is 117 cm³/mol. The Morgan fingerprint density at radius 2 is 1.96 bits per heavy atom. The van der Waals surface area contributed by atoms with E-state index in [0.717, 1.165) is 55.9 Å². The molecule has 8 heteroatoms. The molecular weight excluding hydrogens is 372 g/mol. The van der Waals surface area contributed by atoms with Gasteiger partial charge in [0.25, 0.3) is 0 Å². The van der Waals surface area contributed by atoms with Gasteiger partial charge < -0.3 is 19.9 Å². The highest BCUT2D eigenvalue weighted by molar-refractivity contribution is 7.98. The number of hydrogen-bond acceptors (Lipinski definition) is 5. The van der Waals surface area contributed by atoms with Gasteiger partial charge in [0.15, 0.2) is 11.1 Å². The van der Waals surface area contributed by atoms with Crippen LogP contribution in [-0.4, -0.2) is 60.3 Å². The van der Waals surface area contributed by atoms with Crippen LogP contribution in [0.1, 0.15) is 64.2 Å². The molecule has 0 atom stereocenters. The topological polar surface area (TPSA) is 76.4 Å². The summed E-state index contributed by atoms with van der Waals surface area (Å²) in [6, 6.07) is 0.588. The van der Waals surface area contributed by atoms with Gasteiger partial charge in [-0.05, 0) is 37.9 Å². The Hall–Kier alpha value is -1.28. The normalized spacial score (nSPS) is 15.5. The lowest BCUT2D eigenvalue weighted by atomic mass is 10.1. The molecule has 28 heavy (non-hydrogen) atoms. The van der Waals surface area contributed by atoms with Gasteiger partial charge in [0, 0.05) is 39.2 Å². The van der Waals surface area contributed by atoms with Gasteiger partial charge >= 0.3 is 0 Å². The molecule has 2 N–H and O–H groups in total. The van der Waals surface area contributed by atoms with Crippen LogP contribution in [0.4, 0.5) is 0 Å². The number of aromatic nitrogens is 3. The minimum absolute atomic E-state index is 0.588. The van der Waals surface area contributed by atoms with E-state index in [4.69, 9.17) is 4.74 Å². The van der Waals surface area contributed by atoms with Crippen molar-refractivity contribution >= 4 is 17.7 Å². The first-order chi connectivity index (χ1) is 13.7. The van der Waals surface area contributed by atoms with Crippen LogP contribution in [0, 0.1) is 5.92 Å². The van der Waals surface area contributed by atoms with Gasteiger partial charge in [-0.1, -0.05) is 38.5 Å². The average Bonchev–Trinajstić information content (AvgIpc) is 3.34. The lowest BCUT2D eigenvalue weighted by Gasteiger charge is -2.16. The van der Waals surface area contributed by atoms with Crippen molar-refractivity contribution in [2.75, 3.05) is 39.6 Å². The maximum Gasteiger partial charge on any atom is 0.191 e. The van der Waals surface area contributed by atoms with E-state index < -0.39 is 0 Å². The van der Waals surface area contributed by atoms with Crippen LogP contribution in [0.15, 0.2) is 10.1 Å². The molecule has 0 saturated heterocycles. The Bertz CT molecular complexity index is 583. The van der Waals surface area contributed by atoms with Crippen LogP contribution >= 0.6 is 11.8 Å². The fourth-order valence-electron chi connectivity index (χ4n) is 3.48. The third-order valence-corrected chi connectivity index (χ3v) is 5.72. The molecule has 0 aromatic carbocycles. The fraction of sp³-hybridized carbons (Fsp3) is 0.850. The maximum absolute atomic E-state index is 5.63. The number of rotatable bonds is 12. The molecule has 1 fully saturated rings. The van der Waals surface area contributed by atoms with E-state index in [1.807, 2.05) is 0 Å². The average molecular weight is 411 g/mol. The lowest BCUT2D eigenvalue weighted by Crippen LogP contribution is -2.39. The highest BCUT2D eigenvalue weighted by atomic mass is 32.2. The highest BCUT2D eigenvalue weighted by Crippen LogP contribution is 2.33. The van der Waals surface area contributed by atoms with E-state index in [0.29, 0.717) is 18.6 Å². The van der Waals surface area contributed by atoms with Crippen molar-refractivity contribution in [2.45, 2.75) is 70.0 Å². The summed E-state index contributed by atoms with van der Waals surface area (Å²) in [7, 11) is 1.80. The maximum atomic E-state index is 5.63. The number of aryl methyl sites for hydroxylation is 1. The van der Waals surface area contributed by atoms with Crippen molar-refractivity contribution in [2.24, 2.45) is 10.9 Å². The summed E-state index contributed by atoms with van der Waals surface area (Å²) < 4.78 is 8.02. The molecule has 7 nitrogen and oxygen atoms in total. The smallest absolute Gasteiger partial charge is 0.191 e. The number of nitrogens with zero attached hydrogens (tertiary/aromatic N) is 4. The van der Waals surface area contributed by atoms with Crippen molar-refractivity contribution < 1.29 is 4.74 Å². The van der Waals surface area contributed by atoms with E-state index in [1.54, 1.807) is 18.8 Å². The van der Waals surface area contributed by atoms with Crippen molar-refractivity contribution in [3.05, 3.63) is 5.82 Å². The Balaban J connectivity index is 1.67. The van der Waals surface area contributed by atoms with Crippen LogP contribution in [0.3, 0.4) is 0 Å². The molecule has 0 aliphatic heterocycles. The third kappa shape index (κ3) is 7.62. The zero-order chi connectivity index (χ0) is 20.2. The summed E-state index contributed by atoms with van der Waals surface area (Å²) in [5.41, 5.74) is 0. The molecule has 2 rings (SSSR count). The zero-order valence-corrected chi connectivity index (χ0v) is 18.9. The molecule has 160 valence electrons. The second-order valence-corrected chi connectivity index (χ2v) is 8.51. The summed E-state index contributed by atoms with van der Waals surface area (Å²) in [4.78, 5) is 4.28. The molecule has 0 radical (unpaired) electrons. The Morgan fingerprint density at radius 1 is 1.21 bits per heavy atom. The molecule has 0 amide bonds. The van der Waals surface area contributed by atoms with Gasteiger partial charge in [0.05, 0.1) is 6.61 Å². The minimum Gasteiger partial charge on any atom is -0.380 e. The summed E-state index contributed by atoms with van der Waals surface area (Å²) in [5.74, 6) is 2.64. The first-order valence-corrected chi connectivity index (χ1v) is 11.9. The SMILES string of the molecule is CN=C(NCCCc1nnc(SC)n1C1CCCC1)NCCOCCC(C)C. The van der Waals surface area contributed by atoms with Gasteiger partial charge in [-0.2, -0.15) is 0 Å². The zero-order valence-electron chi connectivity index (χ0n) is 18.0. The van der Waals surface area contributed by atoms with Gasteiger partial charge in [0.1, 0.15) is 5.82 Å². The molecule has 1 heterocycles. The first kappa shape index (κ1) is 23.0. The van der Waals surface area contributed by atoms with Crippen LogP contribution in [-0.2, 0) is 11.2 Å². The Morgan fingerprint density at radius 3 is 2.64 bits per heavy atom. The second-order valence-electron chi connectivity index (χ2n) is 7.74. The quantitative estimate of drug-likeness (QED) is 0.238. The molecule has 1 saturated carbocycles. The van der Waals surface area contributed by atoms with Crippen LogP contribution in [0.25, 0.3) is 0 Å². The van der Waals surface area contributed by atoms with Gasteiger partial charge in [-0.15, -0.1) is 10.2 Å². The fourth-order valence-corrected chi connectivity index (χ4v) is 4.06. The number of hydrogen-bond donors (Lipinski definition) is 2. The molecule has 1 aliphatic rings. The minimum atomic E-state index is 0.588. The van der Waals surface area contributed by atoms with Gasteiger partial charge in [-0.3, -0.25) is 4.99 Å². The van der Waals surface area contributed by atoms with Crippen molar-refractivity contribution in [3.8, 4) is 0 Å². The summed E-state index contributed by atoms with van der Waals surface area (Å²) in [5, 5.41) is 16.6. The number of nitrogens with one attached hydrogen (secondary N) is 2. The first-order valence-electron chi connectivity index (χ1n) is 10.7. The van der Waals surface area contributed by atoms with E-state index in [2.05, 4.69) is 50.5 Å². The van der Waals surface area contributed by atoms with Crippen molar-refractivity contribution in [1.82, 2.24) is 25.4 Å². The van der Waals surface area contributed by atoms with E-state index in [9.17, 15) is 0 Å². The summed E-state index contributed by atoms with van der Waals surface area (Å²) >= 11 is 1.70. The number of aliphatic imine (C=N–C) groups is 1. The molecule has 0 unspecified atom stereocenters. The van der Waals surface area contributed by atoms with E-state index >= 15 is 0 Å². The van der Waals surface area contributed by atoms with Gasteiger partial charge in [0.2, 0.25) is 0 Å². The monoisotopic (exact) mass is 410 g/mol. The summed E-state index contributed by atoms with van der Waals surface area (Å²) in [6.07, 6.45) is 10.3. The number of ether oxygens (including phenoxy) is 1. The third-order valence-electron chi connectivity index (χ3n) is 5.08. The van der Waals surface area contributed by atoms with Crippen molar-refractivity contribution in [3.63, 3.8) is 0 Å². The van der Waals surface area contributed by atoms with Crippen LogP contribution in [0.2, 0.25) is 0 Å². The van der Waals surface area contributed by atoms with Gasteiger partial charge in [-0.25, -0.2) is 0 Å². The Kier molecular flexibility index (Phi) is 10.7. The standard InChI is InChI=1S/C20H38N6OS/c1-16(2)11-14-27-15-13-23-19(21-3)22-12-7-10-18-24-25-20(28-4)26(18)17-8-5-6-9-17/h16-17H,5-15H2,1-4H3,(H2,21,22,23). The lowest BCUT2D eigenvalue weighted by molar-refractivity contribution is 0.128. The van der Waals surface area contributed by atoms with Crippen LogP contribution in [0.5, 0.6) is 0 Å². The van der Waals surface area contributed by atoms with E-state index in [1.165, 1.54) is 25.7 Å². The molecule has 1 aromatic rings. The molecular formula is C20H38N6OS. The number of thioether (sulfide) groups is 1. The Labute approximate surface area is 174 Å². The highest BCUT2D eigenvalue weighted by Gasteiger charge is 2.23. The predicted octanol–water partition coefficient (Wildman–Crippen LogP) is 3.28. The molecule has 1 aliphatic carbocycles. The van der Waals surface area contributed by atoms with Crippen molar-refractivity contribution in [1.29, 1.82) is 0 Å². The van der Waals surface area contributed by atoms with Crippen LogP contribution < -0.4 is 10.6 Å². The number of guanidine groups is 1. The van der Waals surface area contributed by atoms with E-state index in [-0.39, 0.29) is 0 Å². The molecule has 0 bridgehead atoms. The molecule has 0 spiro atoms. The second kappa shape index (κ2) is 13.0.